The van der Waals surface area contributed by atoms with Gasteiger partial charge in [-0.25, -0.2) is 17.9 Å². The molecule has 0 amide bonds. The first-order valence-electron chi connectivity index (χ1n) is 8.73. The Morgan fingerprint density at radius 1 is 1.22 bits per heavy atom. The Kier molecular flexibility index (Phi) is 4.28. The third-order valence-corrected chi connectivity index (χ3v) is 6.55. The van der Waals surface area contributed by atoms with Gasteiger partial charge in [-0.15, -0.1) is 0 Å². The van der Waals surface area contributed by atoms with E-state index < -0.39 is 16.0 Å². The zero-order chi connectivity index (χ0) is 19.2. The van der Waals surface area contributed by atoms with E-state index in [2.05, 4.69) is 4.72 Å². The van der Waals surface area contributed by atoms with Crippen LogP contribution in [0.15, 0.2) is 51.8 Å². The van der Waals surface area contributed by atoms with Gasteiger partial charge >= 0.3 is 5.97 Å². The van der Waals surface area contributed by atoms with Crippen molar-refractivity contribution in [2.24, 2.45) is 0 Å². The van der Waals surface area contributed by atoms with Crippen molar-refractivity contribution >= 4 is 27.0 Å². The number of sulfonamides is 1. The smallest absolute Gasteiger partial charge is 0.372 e. The van der Waals surface area contributed by atoms with Crippen LogP contribution in [0.5, 0.6) is 0 Å². The molecule has 1 heterocycles. The minimum atomic E-state index is -3.76. The second kappa shape index (κ2) is 6.51. The molecule has 1 unspecified atom stereocenters. The molecule has 1 aliphatic carbocycles. The molecule has 3 aromatic rings. The number of aromatic carboxylic acids is 1. The summed E-state index contributed by atoms with van der Waals surface area (Å²) in [5.41, 5.74) is 2.95. The maximum atomic E-state index is 12.9. The fourth-order valence-electron chi connectivity index (χ4n) is 3.70. The highest BCUT2D eigenvalue weighted by Gasteiger charge is 2.26. The topological polar surface area (TPSA) is 96.6 Å². The molecule has 7 heteroatoms. The fourth-order valence-corrected chi connectivity index (χ4v) is 4.98. The van der Waals surface area contributed by atoms with Crippen molar-refractivity contribution in [1.82, 2.24) is 4.72 Å². The van der Waals surface area contributed by atoms with E-state index in [1.54, 1.807) is 6.92 Å². The minimum absolute atomic E-state index is 0.0962. The lowest BCUT2D eigenvalue weighted by Crippen LogP contribution is -2.31. The monoisotopic (exact) mass is 385 g/mol. The largest absolute Gasteiger partial charge is 0.475 e. The Morgan fingerprint density at radius 3 is 2.78 bits per heavy atom. The van der Waals surface area contributed by atoms with Gasteiger partial charge in [0, 0.05) is 17.0 Å². The molecule has 0 saturated heterocycles. The number of fused-ring (bicyclic) bond motifs is 2. The molecule has 4 rings (SSSR count). The first kappa shape index (κ1) is 17.8. The molecule has 1 aromatic heterocycles. The summed E-state index contributed by atoms with van der Waals surface area (Å²) in [6.45, 7) is 1.61. The van der Waals surface area contributed by atoms with Crippen LogP contribution in [0.25, 0.3) is 11.0 Å². The normalized spacial score (nSPS) is 17.0. The Morgan fingerprint density at radius 2 is 2.00 bits per heavy atom. The van der Waals surface area contributed by atoms with Gasteiger partial charge < -0.3 is 9.52 Å². The van der Waals surface area contributed by atoms with Crippen LogP contribution in [-0.2, 0) is 16.4 Å². The molecule has 27 heavy (non-hydrogen) atoms. The van der Waals surface area contributed by atoms with Gasteiger partial charge in [0.15, 0.2) is 0 Å². The second-order valence-corrected chi connectivity index (χ2v) is 8.50. The van der Waals surface area contributed by atoms with Gasteiger partial charge in [-0.05, 0) is 55.5 Å². The maximum Gasteiger partial charge on any atom is 0.372 e. The Hall–Kier alpha value is -2.64. The van der Waals surface area contributed by atoms with Gasteiger partial charge in [0.1, 0.15) is 5.58 Å². The van der Waals surface area contributed by atoms with Crippen molar-refractivity contribution in [2.45, 2.75) is 37.1 Å². The molecule has 2 aromatic carbocycles. The molecule has 140 valence electrons. The lowest BCUT2D eigenvalue weighted by Gasteiger charge is -2.26. The Bertz CT molecular complexity index is 1150. The van der Waals surface area contributed by atoms with Crippen LogP contribution in [0.1, 0.15) is 46.1 Å². The summed E-state index contributed by atoms with van der Waals surface area (Å²) in [6, 6.07) is 12.0. The summed E-state index contributed by atoms with van der Waals surface area (Å²) in [7, 11) is -3.76. The fraction of sp³-hybridized carbons (Fsp3) is 0.250. The summed E-state index contributed by atoms with van der Waals surface area (Å²) in [5, 5.41) is 9.67. The van der Waals surface area contributed by atoms with Crippen LogP contribution in [0, 0.1) is 6.92 Å². The molecule has 6 nitrogen and oxygen atoms in total. The van der Waals surface area contributed by atoms with E-state index in [9.17, 15) is 18.3 Å². The number of benzene rings is 2. The Balaban J connectivity index is 1.71. The predicted molar refractivity (Wildman–Crippen MR) is 100 cm³/mol. The van der Waals surface area contributed by atoms with E-state index in [-0.39, 0.29) is 16.7 Å². The van der Waals surface area contributed by atoms with Gasteiger partial charge in [0.05, 0.1) is 4.90 Å². The van der Waals surface area contributed by atoms with E-state index in [1.807, 2.05) is 24.3 Å². The molecule has 1 atom stereocenters. The first-order chi connectivity index (χ1) is 12.9. The van der Waals surface area contributed by atoms with E-state index in [0.717, 1.165) is 24.8 Å². The van der Waals surface area contributed by atoms with Crippen LogP contribution in [0.2, 0.25) is 0 Å². The molecular weight excluding hydrogens is 366 g/mol. The van der Waals surface area contributed by atoms with Crippen molar-refractivity contribution in [3.05, 3.63) is 64.9 Å². The van der Waals surface area contributed by atoms with Crippen molar-refractivity contribution < 1.29 is 22.7 Å². The zero-order valence-electron chi connectivity index (χ0n) is 14.7. The molecule has 0 bridgehead atoms. The molecule has 0 fully saturated rings. The number of carbonyl (C=O) groups is 1. The zero-order valence-corrected chi connectivity index (χ0v) is 15.5. The van der Waals surface area contributed by atoms with Crippen LogP contribution in [0.4, 0.5) is 0 Å². The van der Waals surface area contributed by atoms with Crippen molar-refractivity contribution in [3.63, 3.8) is 0 Å². The quantitative estimate of drug-likeness (QED) is 0.712. The summed E-state index contributed by atoms with van der Waals surface area (Å²) in [6.07, 6.45) is 2.62. The standard InChI is InChI=1S/C20H19NO5S/c1-12-16-11-14(9-10-18(16)26-19(12)20(22)23)27(24,25)21-17-8-4-6-13-5-2-3-7-15(13)17/h2-3,5,7,9-11,17,21H,4,6,8H2,1H3,(H,22,23). The Labute approximate surface area is 156 Å². The highest BCUT2D eigenvalue weighted by molar-refractivity contribution is 7.89. The number of hydrogen-bond acceptors (Lipinski definition) is 4. The van der Waals surface area contributed by atoms with Gasteiger partial charge in [-0.1, -0.05) is 24.3 Å². The van der Waals surface area contributed by atoms with E-state index in [0.29, 0.717) is 16.5 Å². The number of nitrogens with one attached hydrogen (secondary N) is 1. The molecule has 0 aliphatic heterocycles. The number of hydrogen-bond donors (Lipinski definition) is 2. The summed E-state index contributed by atoms with van der Waals surface area (Å²) >= 11 is 0. The number of aryl methyl sites for hydroxylation is 2. The average molecular weight is 385 g/mol. The van der Waals surface area contributed by atoms with Crippen LogP contribution < -0.4 is 4.72 Å². The number of rotatable bonds is 4. The van der Waals surface area contributed by atoms with Gasteiger partial charge in [0.2, 0.25) is 15.8 Å². The number of carboxylic acids is 1. The average Bonchev–Trinajstić information content (AvgIpc) is 2.98. The highest BCUT2D eigenvalue weighted by atomic mass is 32.2. The van der Waals surface area contributed by atoms with Crippen molar-refractivity contribution in [2.75, 3.05) is 0 Å². The second-order valence-electron chi connectivity index (χ2n) is 6.78. The molecule has 0 radical (unpaired) electrons. The van der Waals surface area contributed by atoms with E-state index in [1.165, 1.54) is 23.8 Å². The molecular formula is C20H19NO5S. The summed E-state index contributed by atoms with van der Waals surface area (Å²) in [5.74, 6) is -1.35. The predicted octanol–water partition coefficient (Wildman–Crippen LogP) is 3.80. The van der Waals surface area contributed by atoms with Crippen LogP contribution in [-0.4, -0.2) is 19.5 Å². The maximum absolute atomic E-state index is 12.9. The van der Waals surface area contributed by atoms with Crippen LogP contribution >= 0.6 is 0 Å². The van der Waals surface area contributed by atoms with Gasteiger partial charge in [0.25, 0.3) is 0 Å². The first-order valence-corrected chi connectivity index (χ1v) is 10.2. The van der Waals surface area contributed by atoms with Crippen molar-refractivity contribution in [1.29, 1.82) is 0 Å². The van der Waals surface area contributed by atoms with Crippen LogP contribution in [0.3, 0.4) is 0 Å². The minimum Gasteiger partial charge on any atom is -0.475 e. The number of carboxylic acid groups (broad SMARTS) is 1. The third-order valence-electron chi connectivity index (χ3n) is 5.08. The van der Waals surface area contributed by atoms with Crippen molar-refractivity contribution in [3.8, 4) is 0 Å². The molecule has 0 saturated carbocycles. The van der Waals surface area contributed by atoms with Gasteiger partial charge in [-0.2, -0.15) is 0 Å². The van der Waals surface area contributed by atoms with Gasteiger partial charge in [-0.3, -0.25) is 0 Å². The molecule has 1 aliphatic rings. The SMILES string of the molecule is Cc1c(C(=O)O)oc2ccc(S(=O)(=O)NC3CCCc4ccccc43)cc12. The lowest BCUT2D eigenvalue weighted by atomic mass is 9.88. The highest BCUT2D eigenvalue weighted by Crippen LogP contribution is 2.32. The third kappa shape index (κ3) is 3.13. The number of furan rings is 1. The summed E-state index contributed by atoms with van der Waals surface area (Å²) in [4.78, 5) is 11.3. The van der Waals surface area contributed by atoms with E-state index in [4.69, 9.17) is 4.42 Å². The molecule has 2 N–H and O–H groups in total. The molecule has 0 spiro atoms. The lowest BCUT2D eigenvalue weighted by molar-refractivity contribution is 0.0664. The summed E-state index contributed by atoms with van der Waals surface area (Å²) < 4.78 is 34.0. The van der Waals surface area contributed by atoms with E-state index >= 15 is 0 Å².